The first-order valence-electron chi connectivity index (χ1n) is 6.75. The Labute approximate surface area is 135 Å². The highest BCUT2D eigenvalue weighted by Gasteiger charge is 2.11. The van der Waals surface area contributed by atoms with Crippen molar-refractivity contribution in [3.05, 3.63) is 59.1 Å². The topological polar surface area (TPSA) is 56.5 Å². The summed E-state index contributed by atoms with van der Waals surface area (Å²) in [6, 6.07) is 14.8. The minimum absolute atomic E-state index is 0.203. The zero-order valence-electron chi connectivity index (χ0n) is 12.0. The minimum Gasteiger partial charge on any atom is -0.457 e. The van der Waals surface area contributed by atoms with Gasteiger partial charge in [-0.25, -0.2) is 0 Å². The minimum atomic E-state index is -0.203. The predicted molar refractivity (Wildman–Crippen MR) is 87.7 cm³/mol. The van der Waals surface area contributed by atoms with Gasteiger partial charge in [-0.3, -0.25) is 11.3 Å². The normalized spacial score (nSPS) is 11.7. The van der Waals surface area contributed by atoms with E-state index >= 15 is 0 Å². The molecule has 22 heavy (non-hydrogen) atoms. The van der Waals surface area contributed by atoms with Crippen molar-refractivity contribution in [2.45, 2.75) is 6.10 Å². The molecule has 2 aromatic rings. The predicted octanol–water partition coefficient (Wildman–Crippen LogP) is 3.29. The van der Waals surface area contributed by atoms with E-state index in [2.05, 4.69) is 11.3 Å². The zero-order valence-corrected chi connectivity index (χ0v) is 12.7. The maximum atomic E-state index is 5.84. The van der Waals surface area contributed by atoms with Gasteiger partial charge >= 0.3 is 0 Å². The molecule has 5 heteroatoms. The van der Waals surface area contributed by atoms with Gasteiger partial charge in [0.1, 0.15) is 18.1 Å². The van der Waals surface area contributed by atoms with Crippen molar-refractivity contribution in [3.63, 3.8) is 0 Å². The highest BCUT2D eigenvalue weighted by atomic mass is 35.5. The van der Waals surface area contributed by atoms with Crippen LogP contribution in [0.4, 0.5) is 0 Å². The number of halogens is 1. The molecule has 1 unspecified atom stereocenters. The second-order valence-electron chi connectivity index (χ2n) is 4.54. The van der Waals surface area contributed by atoms with Crippen LogP contribution < -0.4 is 16.0 Å². The number of ether oxygens (including phenoxy) is 2. The third-order valence-corrected chi connectivity index (χ3v) is 3.22. The van der Waals surface area contributed by atoms with E-state index in [4.69, 9.17) is 33.3 Å². The van der Waals surface area contributed by atoms with Gasteiger partial charge in [0, 0.05) is 11.6 Å². The number of rotatable bonds is 7. The lowest BCUT2D eigenvalue weighted by Gasteiger charge is -2.17. The summed E-state index contributed by atoms with van der Waals surface area (Å²) in [7, 11) is 0. The first kappa shape index (κ1) is 16.3. The number of terminal acetylenes is 1. The Balaban J connectivity index is 2.05. The lowest BCUT2D eigenvalue weighted by atomic mass is 10.1. The summed E-state index contributed by atoms with van der Waals surface area (Å²) < 4.78 is 11.3. The van der Waals surface area contributed by atoms with Crippen molar-refractivity contribution < 1.29 is 9.47 Å². The number of hydrogen-bond acceptors (Lipinski definition) is 4. The largest absolute Gasteiger partial charge is 0.457 e. The molecule has 0 heterocycles. The molecular weight excluding hydrogens is 300 g/mol. The fraction of sp³-hybridized carbons (Fsp3) is 0.176. The molecule has 4 nitrogen and oxygen atoms in total. The third-order valence-electron chi connectivity index (χ3n) is 2.97. The van der Waals surface area contributed by atoms with E-state index in [9.17, 15) is 0 Å². The summed E-state index contributed by atoms with van der Waals surface area (Å²) in [5, 5.41) is 0.672. The number of hydrogen-bond donors (Lipinski definition) is 2. The van der Waals surface area contributed by atoms with Crippen LogP contribution in [0.2, 0.25) is 5.02 Å². The first-order valence-corrected chi connectivity index (χ1v) is 7.12. The number of hydrazine groups is 1. The van der Waals surface area contributed by atoms with Gasteiger partial charge in [0.2, 0.25) is 0 Å². The standard InChI is InChI=1S/C17H17ClN2O2/c1-2-11-21-17(12-20-19)13-3-7-15(8-4-13)22-16-9-5-14(18)6-10-16/h1,3-10,17,20H,11-12,19H2. The molecule has 114 valence electrons. The molecule has 1 atom stereocenters. The molecule has 0 spiro atoms. The summed E-state index contributed by atoms with van der Waals surface area (Å²) >= 11 is 5.84. The van der Waals surface area contributed by atoms with Gasteiger partial charge in [0.15, 0.2) is 0 Å². The number of benzene rings is 2. The molecule has 0 aromatic heterocycles. The average Bonchev–Trinajstić information content (AvgIpc) is 2.54. The molecule has 2 rings (SSSR count). The second-order valence-corrected chi connectivity index (χ2v) is 4.97. The molecule has 0 aliphatic carbocycles. The number of nitrogens with two attached hydrogens (primary N) is 1. The van der Waals surface area contributed by atoms with Crippen LogP contribution in [0.5, 0.6) is 11.5 Å². The average molecular weight is 317 g/mol. The first-order chi connectivity index (χ1) is 10.7. The van der Waals surface area contributed by atoms with E-state index in [1.807, 2.05) is 36.4 Å². The summed E-state index contributed by atoms with van der Waals surface area (Å²) in [5.74, 6) is 9.26. The van der Waals surface area contributed by atoms with Crippen molar-refractivity contribution >= 4 is 11.6 Å². The van der Waals surface area contributed by atoms with Gasteiger partial charge in [-0.05, 0) is 42.0 Å². The molecule has 0 bridgehead atoms. The van der Waals surface area contributed by atoms with Crippen molar-refractivity contribution in [2.75, 3.05) is 13.2 Å². The van der Waals surface area contributed by atoms with Crippen LogP contribution in [0, 0.1) is 12.3 Å². The second kappa shape index (κ2) is 8.42. The molecule has 0 aliphatic heterocycles. The van der Waals surface area contributed by atoms with Crippen LogP contribution in [0.25, 0.3) is 0 Å². The highest BCUT2D eigenvalue weighted by Crippen LogP contribution is 2.25. The molecule has 0 saturated heterocycles. The molecule has 2 aromatic carbocycles. The van der Waals surface area contributed by atoms with Crippen molar-refractivity contribution in [1.29, 1.82) is 0 Å². The van der Waals surface area contributed by atoms with E-state index in [1.54, 1.807) is 12.1 Å². The van der Waals surface area contributed by atoms with E-state index in [1.165, 1.54) is 0 Å². The van der Waals surface area contributed by atoms with Gasteiger partial charge < -0.3 is 9.47 Å². The number of nitrogens with one attached hydrogen (secondary N) is 1. The fourth-order valence-corrected chi connectivity index (χ4v) is 2.04. The van der Waals surface area contributed by atoms with Gasteiger partial charge in [-0.1, -0.05) is 29.7 Å². The molecule has 0 amide bonds. The Bertz CT molecular complexity index is 621. The Morgan fingerprint density at radius 1 is 1.09 bits per heavy atom. The summed E-state index contributed by atoms with van der Waals surface area (Å²) in [4.78, 5) is 0. The Hall–Kier alpha value is -2.03. The highest BCUT2D eigenvalue weighted by molar-refractivity contribution is 6.30. The summed E-state index contributed by atoms with van der Waals surface area (Å²) in [6.07, 6.45) is 5.01. The van der Waals surface area contributed by atoms with E-state index in [-0.39, 0.29) is 12.7 Å². The van der Waals surface area contributed by atoms with Crippen LogP contribution in [0.3, 0.4) is 0 Å². The lowest BCUT2D eigenvalue weighted by Crippen LogP contribution is -2.29. The molecular formula is C17H17ClN2O2. The van der Waals surface area contributed by atoms with E-state index < -0.39 is 0 Å². The summed E-state index contributed by atoms with van der Waals surface area (Å²) in [6.45, 7) is 0.703. The quantitative estimate of drug-likeness (QED) is 0.467. The third kappa shape index (κ3) is 4.76. The smallest absolute Gasteiger partial charge is 0.127 e. The van der Waals surface area contributed by atoms with E-state index in [0.29, 0.717) is 11.6 Å². The van der Waals surface area contributed by atoms with Crippen LogP contribution in [0.15, 0.2) is 48.5 Å². The SMILES string of the molecule is C#CCOC(CNN)c1ccc(Oc2ccc(Cl)cc2)cc1. The molecule has 0 saturated carbocycles. The van der Waals surface area contributed by atoms with Crippen molar-refractivity contribution in [1.82, 2.24) is 5.43 Å². The van der Waals surface area contributed by atoms with Gasteiger partial charge in [-0.2, -0.15) is 0 Å². The zero-order chi connectivity index (χ0) is 15.8. The van der Waals surface area contributed by atoms with Gasteiger partial charge in [-0.15, -0.1) is 6.42 Å². The Morgan fingerprint density at radius 2 is 1.68 bits per heavy atom. The molecule has 0 aliphatic rings. The van der Waals surface area contributed by atoms with Crippen molar-refractivity contribution in [3.8, 4) is 23.8 Å². The van der Waals surface area contributed by atoms with Gasteiger partial charge in [0.25, 0.3) is 0 Å². The fourth-order valence-electron chi connectivity index (χ4n) is 1.92. The molecule has 0 radical (unpaired) electrons. The van der Waals surface area contributed by atoms with Crippen LogP contribution in [-0.2, 0) is 4.74 Å². The van der Waals surface area contributed by atoms with Crippen LogP contribution >= 0.6 is 11.6 Å². The van der Waals surface area contributed by atoms with E-state index in [0.717, 1.165) is 17.1 Å². The Kier molecular flexibility index (Phi) is 6.26. The van der Waals surface area contributed by atoms with Crippen LogP contribution in [0.1, 0.15) is 11.7 Å². The molecule has 3 N–H and O–H groups in total. The maximum absolute atomic E-state index is 5.84. The Morgan fingerprint density at radius 3 is 2.23 bits per heavy atom. The monoisotopic (exact) mass is 316 g/mol. The summed E-state index contributed by atoms with van der Waals surface area (Å²) in [5.41, 5.74) is 3.57. The van der Waals surface area contributed by atoms with Crippen LogP contribution in [-0.4, -0.2) is 13.2 Å². The van der Waals surface area contributed by atoms with Crippen molar-refractivity contribution in [2.24, 2.45) is 5.84 Å². The van der Waals surface area contributed by atoms with Gasteiger partial charge in [0.05, 0.1) is 6.10 Å². The molecule has 0 fully saturated rings. The maximum Gasteiger partial charge on any atom is 0.127 e. The lowest BCUT2D eigenvalue weighted by molar-refractivity contribution is 0.0776.